The molecular formula is C31H40NO2+. The number of rotatable bonds is 8. The van der Waals surface area contributed by atoms with Crippen molar-refractivity contribution in [2.24, 2.45) is 0 Å². The first-order chi connectivity index (χ1) is 16.4. The number of fused-ring (bicyclic) bond motifs is 5. The fraction of sp³-hybridized carbons (Fsp3) is 0.452. The first-order valence-corrected chi connectivity index (χ1v) is 12.8. The van der Waals surface area contributed by atoms with E-state index in [2.05, 4.69) is 101 Å². The van der Waals surface area contributed by atoms with Crippen LogP contribution in [0.25, 0.3) is 27.9 Å². The van der Waals surface area contributed by atoms with Gasteiger partial charge in [0, 0.05) is 30.7 Å². The van der Waals surface area contributed by atoms with Crippen molar-refractivity contribution in [3.63, 3.8) is 0 Å². The molecule has 0 saturated heterocycles. The van der Waals surface area contributed by atoms with Gasteiger partial charge >= 0.3 is 0 Å². The average molecular weight is 459 g/mol. The van der Waals surface area contributed by atoms with Gasteiger partial charge in [-0.3, -0.25) is 0 Å². The van der Waals surface area contributed by atoms with E-state index < -0.39 is 0 Å². The topological polar surface area (TPSA) is 22.3 Å². The number of pyridine rings is 1. The van der Waals surface area contributed by atoms with Gasteiger partial charge in [-0.05, 0) is 76.3 Å². The molecule has 3 heteroatoms. The van der Waals surface area contributed by atoms with E-state index in [0.717, 1.165) is 19.3 Å². The molecule has 0 fully saturated rings. The van der Waals surface area contributed by atoms with Gasteiger partial charge in [-0.2, -0.15) is 4.57 Å². The van der Waals surface area contributed by atoms with Crippen molar-refractivity contribution in [3.05, 3.63) is 71.3 Å². The molecule has 0 radical (unpaired) electrons. The van der Waals surface area contributed by atoms with Gasteiger partial charge in [-0.15, -0.1) is 0 Å². The number of aromatic nitrogens is 1. The summed E-state index contributed by atoms with van der Waals surface area (Å²) in [7, 11) is 1.76. The second kappa shape index (κ2) is 10.0. The molecule has 3 nitrogen and oxygen atoms in total. The Labute approximate surface area is 205 Å². The highest BCUT2D eigenvalue weighted by Crippen LogP contribution is 2.49. The van der Waals surface area contributed by atoms with E-state index in [1.165, 1.54) is 44.5 Å². The Hall–Kier alpha value is -2.49. The number of hydrogen-bond donors (Lipinski definition) is 0. The standard InChI is InChI=1S/C31H40NO2/c1-8-31(9-2)29(16-17-34-24(6)20-23(5)33-7)32-27-13-11-10-12-25(27)14-15-28(32)26-19-21(3)18-22(4)30(26)31/h10-16,18-19,23-24H,8-9,17,20H2,1-7H3/q+1. The molecule has 1 aliphatic heterocycles. The number of ether oxygens (including phenoxy) is 2. The zero-order chi connectivity index (χ0) is 24.5. The highest BCUT2D eigenvalue weighted by molar-refractivity contribution is 5.83. The monoisotopic (exact) mass is 458 g/mol. The zero-order valence-electron chi connectivity index (χ0n) is 21.9. The normalized spacial score (nSPS) is 17.4. The Bertz CT molecular complexity index is 1210. The highest BCUT2D eigenvalue weighted by Gasteiger charge is 2.48. The lowest BCUT2D eigenvalue weighted by molar-refractivity contribution is -0.549. The van der Waals surface area contributed by atoms with Crippen molar-refractivity contribution in [2.75, 3.05) is 13.7 Å². The largest absolute Gasteiger partial charge is 0.382 e. The van der Waals surface area contributed by atoms with Gasteiger partial charge < -0.3 is 9.47 Å². The van der Waals surface area contributed by atoms with Crippen LogP contribution in [0.15, 0.2) is 54.6 Å². The van der Waals surface area contributed by atoms with Crippen LogP contribution in [-0.2, 0) is 14.9 Å². The summed E-state index contributed by atoms with van der Waals surface area (Å²) in [5, 5.41) is 1.26. The van der Waals surface area contributed by atoms with Gasteiger partial charge in [0.15, 0.2) is 5.70 Å². The summed E-state index contributed by atoms with van der Waals surface area (Å²) in [4.78, 5) is 0. The van der Waals surface area contributed by atoms with E-state index in [4.69, 9.17) is 9.47 Å². The van der Waals surface area contributed by atoms with Crippen molar-refractivity contribution in [1.82, 2.24) is 0 Å². The number of nitrogens with zero attached hydrogens (tertiary/aromatic N) is 1. The molecule has 3 aromatic rings. The average Bonchev–Trinajstić information content (AvgIpc) is 2.83. The predicted octanol–water partition coefficient (Wildman–Crippen LogP) is 7.15. The van der Waals surface area contributed by atoms with E-state index in [0.29, 0.717) is 6.61 Å². The second-order valence-electron chi connectivity index (χ2n) is 9.92. The van der Waals surface area contributed by atoms with Crippen LogP contribution in [0.1, 0.15) is 63.6 Å². The number of allylic oxidation sites excluding steroid dienone is 1. The fourth-order valence-corrected chi connectivity index (χ4v) is 6.00. The molecule has 1 aromatic heterocycles. The molecular weight excluding hydrogens is 418 g/mol. The minimum Gasteiger partial charge on any atom is -0.382 e. The molecule has 0 aliphatic carbocycles. The van der Waals surface area contributed by atoms with E-state index >= 15 is 0 Å². The Morgan fingerprint density at radius 1 is 0.971 bits per heavy atom. The molecule has 0 amide bonds. The molecule has 0 N–H and O–H groups in total. The first-order valence-electron chi connectivity index (χ1n) is 12.8. The van der Waals surface area contributed by atoms with Crippen LogP contribution in [0.3, 0.4) is 0 Å². The molecule has 2 aromatic carbocycles. The Morgan fingerprint density at radius 3 is 2.41 bits per heavy atom. The molecule has 2 heterocycles. The van der Waals surface area contributed by atoms with Crippen molar-refractivity contribution >= 4 is 16.6 Å². The van der Waals surface area contributed by atoms with E-state index in [1.54, 1.807) is 7.11 Å². The summed E-state index contributed by atoms with van der Waals surface area (Å²) in [6, 6.07) is 18.0. The molecule has 0 saturated carbocycles. The maximum atomic E-state index is 6.29. The molecule has 2 unspecified atom stereocenters. The summed E-state index contributed by atoms with van der Waals surface area (Å²) in [5.74, 6) is 0. The van der Waals surface area contributed by atoms with E-state index in [-0.39, 0.29) is 17.6 Å². The second-order valence-corrected chi connectivity index (χ2v) is 9.92. The number of para-hydroxylation sites is 1. The van der Waals surface area contributed by atoms with E-state index in [1.807, 2.05) is 0 Å². The summed E-state index contributed by atoms with van der Waals surface area (Å²) in [5.41, 5.74) is 9.34. The van der Waals surface area contributed by atoms with Gasteiger partial charge in [0.2, 0.25) is 11.2 Å². The van der Waals surface area contributed by atoms with Crippen LogP contribution in [0, 0.1) is 13.8 Å². The molecule has 0 bridgehead atoms. The third-order valence-corrected chi connectivity index (χ3v) is 7.74. The van der Waals surface area contributed by atoms with Crippen LogP contribution in [-0.4, -0.2) is 25.9 Å². The Kier molecular flexibility index (Phi) is 7.25. The Balaban J connectivity index is 1.93. The summed E-state index contributed by atoms with van der Waals surface area (Å²) >= 11 is 0. The summed E-state index contributed by atoms with van der Waals surface area (Å²) in [6.07, 6.45) is 5.65. The number of benzene rings is 2. The minimum absolute atomic E-state index is 0.0681. The number of aryl methyl sites for hydroxylation is 2. The van der Waals surface area contributed by atoms with Crippen LogP contribution >= 0.6 is 0 Å². The van der Waals surface area contributed by atoms with Crippen molar-refractivity contribution in [1.29, 1.82) is 0 Å². The molecule has 4 rings (SSSR count). The lowest BCUT2D eigenvalue weighted by Gasteiger charge is -2.38. The molecule has 1 aliphatic rings. The summed E-state index contributed by atoms with van der Waals surface area (Å²) < 4.78 is 14.2. The number of hydrogen-bond acceptors (Lipinski definition) is 2. The molecule has 2 atom stereocenters. The third kappa shape index (κ3) is 4.21. The lowest BCUT2D eigenvalue weighted by atomic mass is 9.66. The van der Waals surface area contributed by atoms with Gasteiger partial charge in [-0.1, -0.05) is 37.6 Å². The SMILES string of the molecule is CCC1(CC)C(=CCOC(C)CC(C)OC)[n+]2c(ccc3ccccc32)-c2cc(C)cc(C)c21. The first kappa shape index (κ1) is 24.6. The third-order valence-electron chi connectivity index (χ3n) is 7.74. The maximum absolute atomic E-state index is 6.29. The van der Waals surface area contributed by atoms with Crippen LogP contribution in [0.4, 0.5) is 0 Å². The lowest BCUT2D eigenvalue weighted by Crippen LogP contribution is -2.50. The maximum Gasteiger partial charge on any atom is 0.219 e. The smallest absolute Gasteiger partial charge is 0.219 e. The van der Waals surface area contributed by atoms with Crippen molar-refractivity contribution in [2.45, 2.75) is 78.4 Å². The van der Waals surface area contributed by atoms with Crippen LogP contribution in [0.2, 0.25) is 0 Å². The van der Waals surface area contributed by atoms with Gasteiger partial charge in [0.1, 0.15) is 0 Å². The Morgan fingerprint density at radius 2 is 1.71 bits per heavy atom. The molecule has 180 valence electrons. The van der Waals surface area contributed by atoms with Crippen molar-refractivity contribution in [3.8, 4) is 11.3 Å². The van der Waals surface area contributed by atoms with E-state index in [9.17, 15) is 0 Å². The molecule has 0 spiro atoms. The summed E-state index contributed by atoms with van der Waals surface area (Å²) in [6.45, 7) is 14.0. The van der Waals surface area contributed by atoms with Gasteiger partial charge in [0.05, 0.1) is 29.8 Å². The number of methoxy groups -OCH3 is 1. The van der Waals surface area contributed by atoms with Crippen LogP contribution in [0.5, 0.6) is 0 Å². The van der Waals surface area contributed by atoms with Crippen molar-refractivity contribution < 1.29 is 14.0 Å². The van der Waals surface area contributed by atoms with Crippen LogP contribution < -0.4 is 4.57 Å². The quantitative estimate of drug-likeness (QED) is 0.334. The minimum atomic E-state index is -0.0681. The highest BCUT2D eigenvalue weighted by atomic mass is 16.5. The van der Waals surface area contributed by atoms with Gasteiger partial charge in [-0.25, -0.2) is 0 Å². The fourth-order valence-electron chi connectivity index (χ4n) is 6.00. The predicted molar refractivity (Wildman–Crippen MR) is 142 cm³/mol. The molecule has 34 heavy (non-hydrogen) atoms. The van der Waals surface area contributed by atoms with Gasteiger partial charge in [0.25, 0.3) is 0 Å². The zero-order valence-corrected chi connectivity index (χ0v) is 21.9.